The topological polar surface area (TPSA) is 51.2 Å². The minimum Gasteiger partial charge on any atom is -0.493 e. The summed E-state index contributed by atoms with van der Waals surface area (Å²) in [6, 6.07) is 6.50. The van der Waals surface area contributed by atoms with E-state index in [0.717, 1.165) is 37.8 Å². The molecule has 1 heterocycles. The monoisotopic (exact) mass is 398 g/mol. The van der Waals surface area contributed by atoms with E-state index in [0.29, 0.717) is 24.5 Å². The first-order valence-electron chi connectivity index (χ1n) is 9.58. The summed E-state index contributed by atoms with van der Waals surface area (Å²) in [6.45, 7) is 3.85. The van der Waals surface area contributed by atoms with Gasteiger partial charge in [-0.25, -0.2) is 4.79 Å². The molecule has 2 aliphatic rings. The lowest BCUT2D eigenvalue weighted by Gasteiger charge is -2.37. The Balaban J connectivity index is 0.00000261. The van der Waals surface area contributed by atoms with Crippen LogP contribution in [0.4, 0.5) is 4.79 Å². The van der Waals surface area contributed by atoms with Crippen molar-refractivity contribution >= 4 is 18.5 Å². The maximum Gasteiger partial charge on any atom is 0.409 e. The van der Waals surface area contributed by atoms with Gasteiger partial charge >= 0.3 is 6.09 Å². The molecule has 1 saturated carbocycles. The van der Waals surface area contributed by atoms with E-state index in [1.54, 1.807) is 14.2 Å². The molecule has 6 nitrogen and oxygen atoms in total. The molecule has 2 fully saturated rings. The smallest absolute Gasteiger partial charge is 0.409 e. The molecule has 3 rings (SSSR count). The maximum atomic E-state index is 12.3. The van der Waals surface area contributed by atoms with Crippen molar-refractivity contribution in [2.75, 3.05) is 47.0 Å². The van der Waals surface area contributed by atoms with Crippen LogP contribution in [-0.4, -0.2) is 68.9 Å². The van der Waals surface area contributed by atoms with Crippen LogP contribution < -0.4 is 9.47 Å². The highest BCUT2D eigenvalue weighted by atomic mass is 35.5. The van der Waals surface area contributed by atoms with Crippen molar-refractivity contribution in [1.29, 1.82) is 0 Å². The lowest BCUT2D eigenvalue weighted by atomic mass is 10.1. The van der Waals surface area contributed by atoms with E-state index in [1.807, 2.05) is 23.1 Å². The number of piperazine rings is 1. The molecule has 27 heavy (non-hydrogen) atoms. The maximum absolute atomic E-state index is 12.3. The molecule has 1 aromatic carbocycles. The van der Waals surface area contributed by atoms with Crippen LogP contribution in [0.25, 0.3) is 0 Å². The fourth-order valence-corrected chi connectivity index (χ4v) is 3.92. The first-order chi connectivity index (χ1) is 12.7. The summed E-state index contributed by atoms with van der Waals surface area (Å²) in [5, 5.41) is 0. The Morgan fingerprint density at radius 3 is 2.33 bits per heavy atom. The van der Waals surface area contributed by atoms with E-state index in [1.165, 1.54) is 25.7 Å². The van der Waals surface area contributed by atoms with Gasteiger partial charge in [0.15, 0.2) is 11.5 Å². The van der Waals surface area contributed by atoms with Gasteiger partial charge in [-0.3, -0.25) is 4.90 Å². The molecule has 1 aliphatic carbocycles. The second kappa shape index (κ2) is 10.6. The molecular weight excluding hydrogens is 368 g/mol. The zero-order valence-corrected chi connectivity index (χ0v) is 17.1. The number of benzene rings is 1. The highest BCUT2D eigenvalue weighted by molar-refractivity contribution is 5.85. The van der Waals surface area contributed by atoms with Gasteiger partial charge in [-0.2, -0.15) is 0 Å². The first kappa shape index (κ1) is 21.6. The summed E-state index contributed by atoms with van der Waals surface area (Å²) in [7, 11) is 3.23. The summed E-state index contributed by atoms with van der Waals surface area (Å²) in [6.07, 6.45) is 5.79. The van der Waals surface area contributed by atoms with Crippen LogP contribution in [0.3, 0.4) is 0 Å². The number of methoxy groups -OCH3 is 2. The van der Waals surface area contributed by atoms with Crippen LogP contribution in [0.5, 0.6) is 11.5 Å². The number of rotatable bonds is 6. The average molecular weight is 399 g/mol. The minimum absolute atomic E-state index is 0. The van der Waals surface area contributed by atoms with Crippen molar-refractivity contribution in [3.63, 3.8) is 0 Å². The minimum atomic E-state index is -0.198. The summed E-state index contributed by atoms with van der Waals surface area (Å²) in [5.41, 5.74) is 1.06. The van der Waals surface area contributed by atoms with Crippen LogP contribution in [0.2, 0.25) is 0 Å². The Hall–Kier alpha value is -1.66. The number of nitrogens with zero attached hydrogens (tertiary/aromatic N) is 2. The molecule has 0 N–H and O–H groups in total. The lowest BCUT2D eigenvalue weighted by molar-refractivity contribution is 0.0648. The van der Waals surface area contributed by atoms with E-state index in [-0.39, 0.29) is 18.5 Å². The molecule has 152 valence electrons. The number of hydrogen-bond donors (Lipinski definition) is 0. The normalized spacial score (nSPS) is 18.1. The summed E-state index contributed by atoms with van der Waals surface area (Å²) < 4.78 is 16.0. The Bertz CT molecular complexity index is 600. The second-order valence-corrected chi connectivity index (χ2v) is 7.02. The molecule has 0 unspecified atom stereocenters. The molecule has 1 aromatic rings. The third kappa shape index (κ3) is 5.66. The van der Waals surface area contributed by atoms with Crippen molar-refractivity contribution < 1.29 is 19.0 Å². The number of amides is 1. The molecule has 0 aromatic heterocycles. The molecule has 1 aliphatic heterocycles. The van der Waals surface area contributed by atoms with Gasteiger partial charge in [-0.05, 0) is 30.5 Å². The molecular formula is C20H31ClN2O4. The molecule has 0 radical (unpaired) electrons. The van der Waals surface area contributed by atoms with Crippen LogP contribution in [0, 0.1) is 0 Å². The molecule has 1 amide bonds. The Kier molecular flexibility index (Phi) is 8.51. The quantitative estimate of drug-likeness (QED) is 0.735. The number of ether oxygens (including phenoxy) is 3. The van der Waals surface area contributed by atoms with E-state index in [2.05, 4.69) is 4.90 Å². The van der Waals surface area contributed by atoms with Crippen molar-refractivity contribution in [2.45, 2.75) is 38.1 Å². The number of carbonyl (C=O) groups is 1. The fourth-order valence-electron chi connectivity index (χ4n) is 3.92. The predicted octanol–water partition coefficient (Wildman–Crippen LogP) is 3.36. The van der Waals surface area contributed by atoms with E-state index >= 15 is 0 Å². The van der Waals surface area contributed by atoms with Crippen LogP contribution in [-0.2, 0) is 11.2 Å². The third-order valence-corrected chi connectivity index (χ3v) is 5.48. The predicted molar refractivity (Wildman–Crippen MR) is 107 cm³/mol. The zero-order chi connectivity index (χ0) is 18.4. The van der Waals surface area contributed by atoms with Crippen molar-refractivity contribution in [1.82, 2.24) is 9.80 Å². The Morgan fingerprint density at radius 2 is 1.70 bits per heavy atom. The van der Waals surface area contributed by atoms with Crippen molar-refractivity contribution in [2.24, 2.45) is 0 Å². The Labute approximate surface area is 168 Å². The summed E-state index contributed by atoms with van der Waals surface area (Å²) in [4.78, 5) is 16.7. The van der Waals surface area contributed by atoms with Crippen LogP contribution >= 0.6 is 12.4 Å². The van der Waals surface area contributed by atoms with Crippen molar-refractivity contribution in [3.8, 4) is 11.5 Å². The Morgan fingerprint density at radius 1 is 1.04 bits per heavy atom. The van der Waals surface area contributed by atoms with Gasteiger partial charge in [0.05, 0.1) is 20.8 Å². The zero-order valence-electron chi connectivity index (χ0n) is 16.3. The fraction of sp³-hybridized carbons (Fsp3) is 0.650. The molecule has 7 heteroatoms. The number of carbonyl (C=O) groups excluding carboxylic acids is 1. The van der Waals surface area contributed by atoms with Gasteiger partial charge in [0, 0.05) is 38.6 Å². The largest absolute Gasteiger partial charge is 0.493 e. The van der Waals surface area contributed by atoms with Gasteiger partial charge < -0.3 is 19.1 Å². The standard InChI is InChI=1S/C20H30N2O4.ClH/c1-24-18-8-7-16(15-19(18)25-2)9-14-26-20(23)22-12-10-21(11-13-22)17-5-3-4-6-17;/h7-8,15,17H,3-6,9-14H2,1-2H3;1H. The SMILES string of the molecule is COc1ccc(CCOC(=O)N2CCN(C3CCCC3)CC2)cc1OC.Cl. The van der Waals surface area contributed by atoms with E-state index < -0.39 is 0 Å². The van der Waals surface area contributed by atoms with Crippen molar-refractivity contribution in [3.05, 3.63) is 23.8 Å². The molecule has 0 atom stereocenters. The van der Waals surface area contributed by atoms with Crippen LogP contribution in [0.15, 0.2) is 18.2 Å². The lowest BCUT2D eigenvalue weighted by Crippen LogP contribution is -2.51. The van der Waals surface area contributed by atoms with E-state index in [4.69, 9.17) is 14.2 Å². The molecule has 0 bridgehead atoms. The first-order valence-corrected chi connectivity index (χ1v) is 9.58. The van der Waals surface area contributed by atoms with Gasteiger partial charge in [0.25, 0.3) is 0 Å². The molecule has 0 spiro atoms. The van der Waals surface area contributed by atoms with Gasteiger partial charge in [0.2, 0.25) is 0 Å². The van der Waals surface area contributed by atoms with E-state index in [9.17, 15) is 4.79 Å². The molecule has 1 saturated heterocycles. The highest BCUT2D eigenvalue weighted by Gasteiger charge is 2.28. The number of hydrogen-bond acceptors (Lipinski definition) is 5. The second-order valence-electron chi connectivity index (χ2n) is 7.02. The number of halogens is 1. The summed E-state index contributed by atoms with van der Waals surface area (Å²) in [5.74, 6) is 1.40. The van der Waals surface area contributed by atoms with Gasteiger partial charge in [-0.1, -0.05) is 18.9 Å². The third-order valence-electron chi connectivity index (χ3n) is 5.48. The summed E-state index contributed by atoms with van der Waals surface area (Å²) >= 11 is 0. The van der Waals surface area contributed by atoms with Gasteiger partial charge in [0.1, 0.15) is 0 Å². The van der Waals surface area contributed by atoms with Crippen LogP contribution in [0.1, 0.15) is 31.2 Å². The average Bonchev–Trinajstić information content (AvgIpc) is 3.22. The highest BCUT2D eigenvalue weighted by Crippen LogP contribution is 2.28. The van der Waals surface area contributed by atoms with Gasteiger partial charge in [-0.15, -0.1) is 12.4 Å².